The molecule has 4 heteroatoms. The summed E-state index contributed by atoms with van der Waals surface area (Å²) in [6.07, 6.45) is 9.04. The van der Waals surface area contributed by atoms with Crippen LogP contribution < -0.4 is 5.32 Å². The van der Waals surface area contributed by atoms with Gasteiger partial charge >= 0.3 is 6.09 Å². The standard InChI is InChI=1S/C10H16INO2/c1-3-5-6-7-8-14-10(13)12-9(11)4-2/h2,9H,3,5-8H2,1H3,(H,12,13). The van der Waals surface area contributed by atoms with Crippen LogP contribution in [0, 0.1) is 12.3 Å². The van der Waals surface area contributed by atoms with E-state index in [4.69, 9.17) is 11.2 Å². The molecule has 0 aromatic heterocycles. The smallest absolute Gasteiger partial charge is 0.408 e. The maximum atomic E-state index is 11.0. The largest absolute Gasteiger partial charge is 0.450 e. The predicted octanol–water partition coefficient (Wildman–Crippen LogP) is 2.69. The predicted molar refractivity (Wildman–Crippen MR) is 65.3 cm³/mol. The third kappa shape index (κ3) is 8.17. The molecule has 0 fully saturated rings. The summed E-state index contributed by atoms with van der Waals surface area (Å²) in [5.74, 6) is 2.38. The zero-order valence-electron chi connectivity index (χ0n) is 8.38. The third-order valence-electron chi connectivity index (χ3n) is 1.62. The van der Waals surface area contributed by atoms with Crippen molar-refractivity contribution in [2.75, 3.05) is 6.61 Å². The van der Waals surface area contributed by atoms with E-state index in [2.05, 4.69) is 18.2 Å². The molecule has 0 heterocycles. The highest BCUT2D eigenvalue weighted by Crippen LogP contribution is 1.99. The molecule has 0 aliphatic carbocycles. The Morgan fingerprint density at radius 3 is 2.86 bits per heavy atom. The molecule has 14 heavy (non-hydrogen) atoms. The highest BCUT2D eigenvalue weighted by molar-refractivity contribution is 14.1. The van der Waals surface area contributed by atoms with Crippen molar-refractivity contribution in [2.24, 2.45) is 0 Å². The highest BCUT2D eigenvalue weighted by Gasteiger charge is 2.05. The molecular weight excluding hydrogens is 293 g/mol. The van der Waals surface area contributed by atoms with E-state index in [9.17, 15) is 4.79 Å². The number of unbranched alkanes of at least 4 members (excludes halogenated alkanes) is 3. The van der Waals surface area contributed by atoms with E-state index >= 15 is 0 Å². The number of alkyl halides is 1. The number of hydrogen-bond acceptors (Lipinski definition) is 2. The van der Waals surface area contributed by atoms with Crippen LogP contribution in [0.2, 0.25) is 0 Å². The number of carbonyl (C=O) groups excluding carboxylic acids is 1. The Morgan fingerprint density at radius 2 is 2.29 bits per heavy atom. The Morgan fingerprint density at radius 1 is 1.57 bits per heavy atom. The number of halogens is 1. The summed E-state index contributed by atoms with van der Waals surface area (Å²) in [5, 5.41) is 2.51. The summed E-state index contributed by atoms with van der Waals surface area (Å²) in [5.41, 5.74) is 0. The molecule has 0 aromatic rings. The Balaban J connectivity index is 3.32. The van der Waals surface area contributed by atoms with Crippen LogP contribution in [0.15, 0.2) is 0 Å². The number of ether oxygens (including phenoxy) is 1. The normalized spacial score (nSPS) is 11.5. The van der Waals surface area contributed by atoms with E-state index < -0.39 is 6.09 Å². The van der Waals surface area contributed by atoms with Crippen molar-refractivity contribution in [1.29, 1.82) is 0 Å². The molecule has 0 aromatic carbocycles. The second kappa shape index (κ2) is 9.13. The van der Waals surface area contributed by atoms with Gasteiger partial charge in [-0.25, -0.2) is 4.79 Å². The molecule has 1 atom stereocenters. The van der Waals surface area contributed by atoms with Gasteiger partial charge in [0.25, 0.3) is 0 Å². The van der Waals surface area contributed by atoms with Gasteiger partial charge in [0.05, 0.1) is 6.61 Å². The quantitative estimate of drug-likeness (QED) is 0.269. The average molecular weight is 309 g/mol. The number of alkyl carbamates (subject to hydrolysis) is 1. The fourth-order valence-electron chi connectivity index (χ4n) is 0.881. The van der Waals surface area contributed by atoms with Crippen molar-refractivity contribution in [3.8, 4) is 12.3 Å². The van der Waals surface area contributed by atoms with E-state index in [0.717, 1.165) is 12.8 Å². The van der Waals surface area contributed by atoms with Crippen LogP contribution in [0.1, 0.15) is 32.6 Å². The third-order valence-corrected chi connectivity index (χ3v) is 2.29. The molecule has 80 valence electrons. The summed E-state index contributed by atoms with van der Waals surface area (Å²) in [7, 11) is 0. The molecule has 1 N–H and O–H groups in total. The van der Waals surface area contributed by atoms with Crippen molar-refractivity contribution in [1.82, 2.24) is 5.32 Å². The number of hydrogen-bond donors (Lipinski definition) is 1. The van der Waals surface area contributed by atoms with Gasteiger partial charge in [-0.3, -0.25) is 5.32 Å². The molecule has 0 bridgehead atoms. The molecule has 1 amide bonds. The van der Waals surface area contributed by atoms with Crippen LogP contribution in [0.3, 0.4) is 0 Å². The van der Waals surface area contributed by atoms with E-state index in [0.29, 0.717) is 6.61 Å². The van der Waals surface area contributed by atoms with E-state index in [1.165, 1.54) is 12.8 Å². The van der Waals surface area contributed by atoms with Gasteiger partial charge in [-0.05, 0) is 29.0 Å². The van der Waals surface area contributed by atoms with E-state index in [-0.39, 0.29) is 4.05 Å². The number of amides is 1. The maximum absolute atomic E-state index is 11.0. The van der Waals surface area contributed by atoms with Crippen molar-refractivity contribution < 1.29 is 9.53 Å². The topological polar surface area (TPSA) is 38.3 Å². The van der Waals surface area contributed by atoms with E-state index in [1.54, 1.807) is 0 Å². The van der Waals surface area contributed by atoms with Gasteiger partial charge in [0.1, 0.15) is 4.05 Å². The summed E-state index contributed by atoms with van der Waals surface area (Å²) >= 11 is 1.95. The molecule has 0 radical (unpaired) electrons. The van der Waals surface area contributed by atoms with Crippen molar-refractivity contribution in [3.05, 3.63) is 0 Å². The average Bonchev–Trinajstić information content (AvgIpc) is 2.17. The summed E-state index contributed by atoms with van der Waals surface area (Å²) in [6, 6.07) is 0. The molecule has 1 unspecified atom stereocenters. The van der Waals surface area contributed by atoms with Crippen molar-refractivity contribution >= 4 is 28.7 Å². The minimum absolute atomic E-state index is 0.296. The maximum Gasteiger partial charge on any atom is 0.408 e. The van der Waals surface area contributed by atoms with Gasteiger partial charge < -0.3 is 4.74 Å². The summed E-state index contributed by atoms with van der Waals surface area (Å²) in [4.78, 5) is 11.0. The Bertz CT molecular complexity index is 201. The van der Waals surface area contributed by atoms with Gasteiger partial charge in [-0.1, -0.05) is 32.1 Å². The molecule has 3 nitrogen and oxygen atoms in total. The molecule has 0 aliphatic rings. The van der Waals surface area contributed by atoms with Crippen LogP contribution in [-0.2, 0) is 4.74 Å². The van der Waals surface area contributed by atoms with Gasteiger partial charge in [-0.15, -0.1) is 6.42 Å². The first-order valence-corrected chi connectivity index (χ1v) is 5.98. The Kier molecular flexibility index (Phi) is 8.84. The lowest BCUT2D eigenvalue weighted by molar-refractivity contribution is 0.144. The first kappa shape index (κ1) is 13.6. The minimum Gasteiger partial charge on any atom is -0.450 e. The highest BCUT2D eigenvalue weighted by atomic mass is 127. The SMILES string of the molecule is C#CC(I)NC(=O)OCCCCCC. The second-order valence-corrected chi connectivity index (χ2v) is 4.12. The fraction of sp³-hybridized carbons (Fsp3) is 0.700. The summed E-state index contributed by atoms with van der Waals surface area (Å²) in [6.45, 7) is 2.61. The number of nitrogens with one attached hydrogen (secondary N) is 1. The fourth-order valence-corrected chi connectivity index (χ4v) is 1.13. The number of rotatable bonds is 6. The number of terminal acetylenes is 1. The van der Waals surface area contributed by atoms with Gasteiger partial charge in [0.2, 0.25) is 0 Å². The van der Waals surface area contributed by atoms with Crippen LogP contribution in [0.25, 0.3) is 0 Å². The van der Waals surface area contributed by atoms with Gasteiger partial charge in [-0.2, -0.15) is 0 Å². The Hall–Kier alpha value is -0.440. The first-order valence-electron chi connectivity index (χ1n) is 4.74. The lowest BCUT2D eigenvalue weighted by atomic mass is 10.2. The summed E-state index contributed by atoms with van der Waals surface area (Å²) < 4.78 is 4.62. The molecule has 0 saturated heterocycles. The monoisotopic (exact) mass is 309 g/mol. The van der Waals surface area contributed by atoms with Gasteiger partial charge in [0, 0.05) is 0 Å². The zero-order chi connectivity index (χ0) is 10.8. The van der Waals surface area contributed by atoms with Crippen LogP contribution >= 0.6 is 22.6 Å². The molecule has 0 saturated carbocycles. The number of carbonyl (C=O) groups is 1. The lowest BCUT2D eigenvalue weighted by Gasteiger charge is -2.07. The van der Waals surface area contributed by atoms with Crippen LogP contribution in [-0.4, -0.2) is 16.7 Å². The Labute approximate surface area is 99.1 Å². The molecular formula is C10H16INO2. The van der Waals surface area contributed by atoms with Crippen LogP contribution in [0.5, 0.6) is 0 Å². The molecule has 0 aliphatic heterocycles. The van der Waals surface area contributed by atoms with Crippen LogP contribution in [0.4, 0.5) is 4.79 Å². The van der Waals surface area contributed by atoms with Crippen molar-refractivity contribution in [3.63, 3.8) is 0 Å². The molecule has 0 rings (SSSR count). The molecule has 0 spiro atoms. The van der Waals surface area contributed by atoms with Gasteiger partial charge in [0.15, 0.2) is 0 Å². The minimum atomic E-state index is -0.432. The van der Waals surface area contributed by atoms with Crippen molar-refractivity contribution in [2.45, 2.75) is 36.7 Å². The van der Waals surface area contributed by atoms with E-state index in [1.807, 2.05) is 22.6 Å². The zero-order valence-corrected chi connectivity index (χ0v) is 10.5. The first-order chi connectivity index (χ1) is 6.70. The second-order valence-electron chi connectivity index (χ2n) is 2.87. The lowest BCUT2D eigenvalue weighted by Crippen LogP contribution is -2.30.